The van der Waals surface area contributed by atoms with Crippen molar-refractivity contribution >= 4 is 33.2 Å². The number of nitrogens with one attached hydrogen (secondary N) is 3. The van der Waals surface area contributed by atoms with E-state index in [1.54, 1.807) is 55.5 Å². The molecule has 0 saturated carbocycles. The van der Waals surface area contributed by atoms with Crippen LogP contribution < -0.4 is 20.1 Å². The molecule has 0 saturated heterocycles. The summed E-state index contributed by atoms with van der Waals surface area (Å²) in [6, 6.07) is 18.1. The second-order valence-corrected chi connectivity index (χ2v) is 9.29. The fourth-order valence-electron chi connectivity index (χ4n) is 3.20. The van der Waals surface area contributed by atoms with Crippen molar-refractivity contribution in [1.82, 2.24) is 5.32 Å². The van der Waals surface area contributed by atoms with E-state index in [2.05, 4.69) is 15.4 Å². The Morgan fingerprint density at radius 2 is 1.65 bits per heavy atom. The van der Waals surface area contributed by atoms with Crippen molar-refractivity contribution < 1.29 is 22.7 Å². The standard InChI is InChI=1S/C25H27N3O5S/c1-4-33-22-12-10-20(11-13-22)27-24(29)16-26-25(30)19-6-5-7-21(15-19)28-34(31,32)23-14-17(2)8-9-18(23)3/h5-15,28H,4,16H2,1-3H3,(H,26,30)(H,27,29). The summed E-state index contributed by atoms with van der Waals surface area (Å²) in [5, 5.41) is 5.22. The molecular weight excluding hydrogens is 454 g/mol. The highest BCUT2D eigenvalue weighted by Crippen LogP contribution is 2.21. The Balaban J connectivity index is 1.61. The Kier molecular flexibility index (Phi) is 7.91. The van der Waals surface area contributed by atoms with E-state index in [1.807, 2.05) is 19.9 Å². The highest BCUT2D eigenvalue weighted by molar-refractivity contribution is 7.92. The van der Waals surface area contributed by atoms with Crippen LogP contribution in [-0.4, -0.2) is 33.4 Å². The van der Waals surface area contributed by atoms with Crippen molar-refractivity contribution in [2.45, 2.75) is 25.7 Å². The minimum absolute atomic E-state index is 0.174. The van der Waals surface area contributed by atoms with Gasteiger partial charge in [-0.15, -0.1) is 0 Å². The minimum Gasteiger partial charge on any atom is -0.494 e. The number of ether oxygens (including phenoxy) is 1. The number of carbonyl (C=O) groups excluding carboxylic acids is 2. The van der Waals surface area contributed by atoms with Crippen LogP contribution in [0.15, 0.2) is 71.6 Å². The van der Waals surface area contributed by atoms with Crippen LogP contribution in [0.4, 0.5) is 11.4 Å². The van der Waals surface area contributed by atoms with Gasteiger partial charge < -0.3 is 15.4 Å². The summed E-state index contributed by atoms with van der Waals surface area (Å²) in [6.07, 6.45) is 0. The molecule has 3 aromatic carbocycles. The Bertz CT molecular complexity index is 1290. The molecule has 0 bridgehead atoms. The normalized spacial score (nSPS) is 10.9. The first-order chi connectivity index (χ1) is 16.2. The van der Waals surface area contributed by atoms with Gasteiger partial charge >= 0.3 is 0 Å². The van der Waals surface area contributed by atoms with E-state index in [0.29, 0.717) is 23.6 Å². The zero-order valence-corrected chi connectivity index (χ0v) is 20.0. The van der Waals surface area contributed by atoms with E-state index in [1.165, 1.54) is 12.1 Å². The van der Waals surface area contributed by atoms with Crippen molar-refractivity contribution in [3.63, 3.8) is 0 Å². The Hall–Kier alpha value is -3.85. The number of anilines is 2. The van der Waals surface area contributed by atoms with E-state index in [4.69, 9.17) is 4.74 Å². The predicted molar refractivity (Wildman–Crippen MR) is 132 cm³/mol. The quantitative estimate of drug-likeness (QED) is 0.429. The molecule has 0 aliphatic heterocycles. The topological polar surface area (TPSA) is 114 Å². The number of sulfonamides is 1. The molecule has 3 rings (SSSR count). The van der Waals surface area contributed by atoms with Crippen molar-refractivity contribution in [2.75, 3.05) is 23.2 Å². The predicted octanol–water partition coefficient (Wildman–Crippen LogP) is 3.87. The molecule has 3 aromatic rings. The smallest absolute Gasteiger partial charge is 0.262 e. The van der Waals surface area contributed by atoms with Gasteiger partial charge in [0, 0.05) is 16.9 Å². The van der Waals surface area contributed by atoms with Gasteiger partial charge in [0.1, 0.15) is 5.75 Å². The van der Waals surface area contributed by atoms with Crippen LogP contribution in [-0.2, 0) is 14.8 Å². The van der Waals surface area contributed by atoms with Crippen LogP contribution in [0.5, 0.6) is 5.75 Å². The minimum atomic E-state index is -3.83. The van der Waals surface area contributed by atoms with Gasteiger partial charge in [0.2, 0.25) is 5.91 Å². The first-order valence-corrected chi connectivity index (χ1v) is 12.2. The highest BCUT2D eigenvalue weighted by atomic mass is 32.2. The molecule has 0 spiro atoms. The SMILES string of the molecule is CCOc1ccc(NC(=O)CNC(=O)c2cccc(NS(=O)(=O)c3cc(C)ccc3C)c2)cc1. The molecule has 0 atom stereocenters. The number of aryl methyl sites for hydroxylation is 2. The average Bonchev–Trinajstić information content (AvgIpc) is 2.80. The molecule has 0 unspecified atom stereocenters. The maximum Gasteiger partial charge on any atom is 0.262 e. The lowest BCUT2D eigenvalue weighted by molar-refractivity contribution is -0.115. The molecule has 34 heavy (non-hydrogen) atoms. The third kappa shape index (κ3) is 6.58. The number of hydrogen-bond acceptors (Lipinski definition) is 5. The van der Waals surface area contributed by atoms with E-state index in [0.717, 1.165) is 5.56 Å². The number of carbonyl (C=O) groups is 2. The summed E-state index contributed by atoms with van der Waals surface area (Å²) in [6.45, 7) is 5.72. The van der Waals surface area contributed by atoms with Crippen LogP contribution in [0.25, 0.3) is 0 Å². The summed E-state index contributed by atoms with van der Waals surface area (Å²) < 4.78 is 33.5. The van der Waals surface area contributed by atoms with Gasteiger partial charge in [-0.05, 0) is 80.4 Å². The third-order valence-corrected chi connectivity index (χ3v) is 6.39. The Morgan fingerprint density at radius 1 is 0.912 bits per heavy atom. The number of benzene rings is 3. The first kappa shape index (κ1) is 24.8. The van der Waals surface area contributed by atoms with Gasteiger partial charge in [0.25, 0.3) is 15.9 Å². The first-order valence-electron chi connectivity index (χ1n) is 10.7. The van der Waals surface area contributed by atoms with Crippen molar-refractivity contribution in [3.8, 4) is 5.75 Å². The Morgan fingerprint density at radius 3 is 2.35 bits per heavy atom. The molecule has 0 aromatic heterocycles. The van der Waals surface area contributed by atoms with Gasteiger partial charge in [0.05, 0.1) is 18.0 Å². The zero-order chi connectivity index (χ0) is 24.7. The molecule has 178 valence electrons. The lowest BCUT2D eigenvalue weighted by Gasteiger charge is -2.12. The fraction of sp³-hybridized carbons (Fsp3) is 0.200. The molecular formula is C25H27N3O5S. The zero-order valence-electron chi connectivity index (χ0n) is 19.2. The van der Waals surface area contributed by atoms with E-state index in [-0.39, 0.29) is 22.7 Å². The van der Waals surface area contributed by atoms with Crippen LogP contribution in [0.1, 0.15) is 28.4 Å². The van der Waals surface area contributed by atoms with E-state index >= 15 is 0 Å². The van der Waals surface area contributed by atoms with Crippen molar-refractivity contribution in [2.24, 2.45) is 0 Å². The maximum absolute atomic E-state index is 12.8. The highest BCUT2D eigenvalue weighted by Gasteiger charge is 2.18. The number of amides is 2. The molecule has 9 heteroatoms. The van der Waals surface area contributed by atoms with E-state index in [9.17, 15) is 18.0 Å². The lowest BCUT2D eigenvalue weighted by Crippen LogP contribution is -2.32. The van der Waals surface area contributed by atoms with Crippen molar-refractivity contribution in [3.05, 3.63) is 83.4 Å². The van der Waals surface area contributed by atoms with Crippen LogP contribution in [0, 0.1) is 13.8 Å². The van der Waals surface area contributed by atoms with Gasteiger partial charge in [-0.1, -0.05) is 18.2 Å². The molecule has 3 N–H and O–H groups in total. The van der Waals surface area contributed by atoms with Crippen LogP contribution in [0.2, 0.25) is 0 Å². The summed E-state index contributed by atoms with van der Waals surface area (Å²) >= 11 is 0. The number of hydrogen-bond donors (Lipinski definition) is 3. The summed E-state index contributed by atoms with van der Waals surface area (Å²) in [4.78, 5) is 24.9. The van der Waals surface area contributed by atoms with Gasteiger partial charge in [-0.25, -0.2) is 8.42 Å². The summed E-state index contributed by atoms with van der Waals surface area (Å²) in [5.74, 6) is -0.208. The van der Waals surface area contributed by atoms with Crippen LogP contribution >= 0.6 is 0 Å². The second kappa shape index (κ2) is 10.8. The van der Waals surface area contributed by atoms with E-state index < -0.39 is 21.8 Å². The summed E-state index contributed by atoms with van der Waals surface area (Å²) in [7, 11) is -3.83. The number of rotatable bonds is 9. The molecule has 0 aliphatic carbocycles. The van der Waals surface area contributed by atoms with Gasteiger partial charge in [-0.3, -0.25) is 14.3 Å². The second-order valence-electron chi connectivity index (χ2n) is 7.64. The van der Waals surface area contributed by atoms with Crippen LogP contribution in [0.3, 0.4) is 0 Å². The maximum atomic E-state index is 12.8. The molecule has 0 aliphatic rings. The molecule has 0 fully saturated rings. The molecule has 2 amide bonds. The monoisotopic (exact) mass is 481 g/mol. The molecule has 0 heterocycles. The molecule has 0 radical (unpaired) electrons. The molecule has 8 nitrogen and oxygen atoms in total. The summed E-state index contributed by atoms with van der Waals surface area (Å²) in [5.41, 5.74) is 2.47. The van der Waals surface area contributed by atoms with Crippen molar-refractivity contribution in [1.29, 1.82) is 0 Å². The lowest BCUT2D eigenvalue weighted by atomic mass is 10.2. The fourth-order valence-corrected chi connectivity index (χ4v) is 4.58. The average molecular weight is 482 g/mol. The van der Waals surface area contributed by atoms with Gasteiger partial charge in [-0.2, -0.15) is 0 Å². The third-order valence-electron chi connectivity index (χ3n) is 4.87. The van der Waals surface area contributed by atoms with Gasteiger partial charge in [0.15, 0.2) is 0 Å². The largest absolute Gasteiger partial charge is 0.494 e. The Labute approximate surface area is 199 Å².